The predicted molar refractivity (Wildman–Crippen MR) is 134 cm³/mol. The van der Waals surface area contributed by atoms with Gasteiger partial charge in [-0.15, -0.1) is 17.7 Å². The molecule has 2 atom stereocenters. The number of aromatic nitrogens is 4. The number of benzene rings is 3. The summed E-state index contributed by atoms with van der Waals surface area (Å²) in [5.74, 6) is -0.425. The molecule has 4 aromatic rings. The molecule has 0 aliphatic heterocycles. The maximum absolute atomic E-state index is 12.0. The van der Waals surface area contributed by atoms with Gasteiger partial charge in [-0.3, -0.25) is 4.79 Å². The van der Waals surface area contributed by atoms with Crippen molar-refractivity contribution in [2.45, 2.75) is 30.3 Å². The lowest BCUT2D eigenvalue weighted by molar-refractivity contribution is -0.143. The van der Waals surface area contributed by atoms with E-state index in [1.54, 1.807) is 0 Å². The van der Waals surface area contributed by atoms with Gasteiger partial charge in [-0.1, -0.05) is 42.5 Å². The number of thiol groups is 1. The number of carboxylic acids is 1. The standard InChI is InChI=1S/C26H25N5O3S/c32-25(33)23-11-9-18-14-21(10-12-22(18)24(23)13-17-5-2-1-3-6-17)34-16-27-19-7-4-8-20(15-19)31-26(35)28-29-30-31/h1-8,10,12,14-15,23-24,27H,9,11,13,16H2,(H,32,33)(H,28,30,35). The van der Waals surface area contributed by atoms with Crippen LogP contribution in [-0.4, -0.2) is 38.0 Å². The van der Waals surface area contributed by atoms with E-state index in [9.17, 15) is 9.90 Å². The second-order valence-corrected chi connectivity index (χ2v) is 8.95. The fraction of sp³-hybridized carbons (Fsp3) is 0.231. The van der Waals surface area contributed by atoms with E-state index in [1.165, 1.54) is 4.68 Å². The first-order valence-corrected chi connectivity index (χ1v) is 11.9. The summed E-state index contributed by atoms with van der Waals surface area (Å²) in [5.41, 5.74) is 5.05. The van der Waals surface area contributed by atoms with Crippen LogP contribution in [-0.2, 0) is 17.6 Å². The Labute approximate surface area is 208 Å². The minimum Gasteiger partial charge on any atom is -0.481 e. The molecule has 1 aliphatic carbocycles. The highest BCUT2D eigenvalue weighted by Crippen LogP contribution is 2.40. The lowest BCUT2D eigenvalue weighted by atomic mass is 9.72. The predicted octanol–water partition coefficient (Wildman–Crippen LogP) is 4.37. The molecule has 3 aromatic carbocycles. The van der Waals surface area contributed by atoms with E-state index in [0.29, 0.717) is 18.0 Å². The van der Waals surface area contributed by atoms with Crippen molar-refractivity contribution in [2.75, 3.05) is 12.0 Å². The van der Waals surface area contributed by atoms with Gasteiger partial charge in [-0.05, 0) is 76.7 Å². The fourth-order valence-electron chi connectivity index (χ4n) is 4.69. The first kappa shape index (κ1) is 22.9. The summed E-state index contributed by atoms with van der Waals surface area (Å²) in [7, 11) is 0. The van der Waals surface area contributed by atoms with Crippen LogP contribution < -0.4 is 10.1 Å². The average Bonchev–Trinajstić information content (AvgIpc) is 3.30. The molecule has 0 saturated carbocycles. The number of carbonyl (C=O) groups is 1. The number of aryl methyl sites for hydroxylation is 1. The lowest BCUT2D eigenvalue weighted by Gasteiger charge is -2.31. The van der Waals surface area contributed by atoms with Gasteiger partial charge >= 0.3 is 5.97 Å². The van der Waals surface area contributed by atoms with Crippen LogP contribution in [0, 0.1) is 5.92 Å². The van der Waals surface area contributed by atoms with Gasteiger partial charge in [0.15, 0.2) is 6.73 Å². The summed E-state index contributed by atoms with van der Waals surface area (Å²) < 4.78 is 7.51. The van der Waals surface area contributed by atoms with Crippen molar-refractivity contribution in [2.24, 2.45) is 5.92 Å². The van der Waals surface area contributed by atoms with Crippen molar-refractivity contribution in [1.82, 2.24) is 20.2 Å². The van der Waals surface area contributed by atoms with Crippen LogP contribution in [0.2, 0.25) is 0 Å². The van der Waals surface area contributed by atoms with Gasteiger partial charge in [0.25, 0.3) is 0 Å². The largest absolute Gasteiger partial charge is 0.481 e. The smallest absolute Gasteiger partial charge is 0.307 e. The fourth-order valence-corrected chi connectivity index (χ4v) is 4.89. The van der Waals surface area contributed by atoms with Crippen LogP contribution in [0.15, 0.2) is 78.0 Å². The average molecular weight is 488 g/mol. The first-order valence-electron chi connectivity index (χ1n) is 11.4. The highest BCUT2D eigenvalue weighted by Gasteiger charge is 2.34. The molecule has 1 aromatic heterocycles. The van der Waals surface area contributed by atoms with E-state index in [4.69, 9.17) is 4.74 Å². The molecule has 0 radical (unpaired) electrons. The molecule has 0 bridgehead atoms. The van der Waals surface area contributed by atoms with Gasteiger partial charge in [-0.2, -0.15) is 4.68 Å². The van der Waals surface area contributed by atoms with Crippen LogP contribution in [0.25, 0.3) is 5.69 Å². The molecule has 0 amide bonds. The van der Waals surface area contributed by atoms with E-state index >= 15 is 0 Å². The molecule has 9 heteroatoms. The zero-order valence-electron chi connectivity index (χ0n) is 18.9. The van der Waals surface area contributed by atoms with Gasteiger partial charge in [0.2, 0.25) is 5.16 Å². The Bertz CT molecular complexity index is 1330. The van der Waals surface area contributed by atoms with Crippen LogP contribution in [0.4, 0.5) is 5.69 Å². The molecule has 5 rings (SSSR count). The summed E-state index contributed by atoms with van der Waals surface area (Å²) in [4.78, 5) is 12.0. The van der Waals surface area contributed by atoms with Gasteiger partial charge in [0.05, 0.1) is 11.6 Å². The maximum Gasteiger partial charge on any atom is 0.307 e. The number of nitrogens with zero attached hydrogens (tertiary/aromatic N) is 4. The molecule has 178 valence electrons. The Balaban J connectivity index is 1.27. The number of fused-ring (bicyclic) bond motifs is 1. The number of hydrogen-bond acceptors (Lipinski definition) is 7. The quantitative estimate of drug-likeness (QED) is 0.250. The highest BCUT2D eigenvalue weighted by molar-refractivity contribution is 7.80. The van der Waals surface area contributed by atoms with Crippen molar-refractivity contribution >= 4 is 24.3 Å². The van der Waals surface area contributed by atoms with Crippen molar-refractivity contribution in [1.29, 1.82) is 0 Å². The number of carboxylic acid groups (broad SMARTS) is 1. The molecule has 1 heterocycles. The van der Waals surface area contributed by atoms with Gasteiger partial charge in [-0.25, -0.2) is 0 Å². The zero-order valence-corrected chi connectivity index (χ0v) is 19.8. The van der Waals surface area contributed by atoms with Crippen LogP contribution in [0.1, 0.15) is 29.0 Å². The van der Waals surface area contributed by atoms with Crippen molar-refractivity contribution in [3.63, 3.8) is 0 Å². The van der Waals surface area contributed by atoms with E-state index < -0.39 is 5.97 Å². The van der Waals surface area contributed by atoms with Gasteiger partial charge in [0, 0.05) is 11.6 Å². The van der Waals surface area contributed by atoms with E-state index in [0.717, 1.165) is 40.2 Å². The second kappa shape index (κ2) is 10.2. The van der Waals surface area contributed by atoms with E-state index in [1.807, 2.05) is 60.7 Å². The molecule has 35 heavy (non-hydrogen) atoms. The summed E-state index contributed by atoms with van der Waals surface area (Å²) in [6.07, 6.45) is 2.05. The summed E-state index contributed by atoms with van der Waals surface area (Å²) in [6.45, 7) is 0.275. The molecule has 2 unspecified atom stereocenters. The minimum atomic E-state index is -0.727. The highest BCUT2D eigenvalue weighted by atomic mass is 32.1. The Kier molecular flexibility index (Phi) is 6.67. The van der Waals surface area contributed by atoms with Crippen LogP contribution in [0.3, 0.4) is 0 Å². The molecule has 0 spiro atoms. The summed E-state index contributed by atoms with van der Waals surface area (Å²) in [5, 5.41) is 24.8. The molecule has 1 aliphatic rings. The molecule has 2 N–H and O–H groups in total. The number of aliphatic carboxylic acids is 1. The maximum atomic E-state index is 12.0. The summed E-state index contributed by atoms with van der Waals surface area (Å²) >= 11 is 4.25. The van der Waals surface area contributed by atoms with Crippen molar-refractivity contribution in [3.8, 4) is 11.4 Å². The number of nitrogens with one attached hydrogen (secondary N) is 1. The second-order valence-electron chi connectivity index (χ2n) is 8.55. The number of tetrazole rings is 1. The molecule has 0 fully saturated rings. The number of anilines is 1. The van der Waals surface area contributed by atoms with E-state index in [2.05, 4.69) is 45.6 Å². The Morgan fingerprint density at radius 3 is 2.74 bits per heavy atom. The summed E-state index contributed by atoms with van der Waals surface area (Å²) in [6, 6.07) is 23.7. The van der Waals surface area contributed by atoms with Crippen LogP contribution >= 0.6 is 12.6 Å². The Morgan fingerprint density at radius 1 is 1.11 bits per heavy atom. The zero-order chi connectivity index (χ0) is 24.2. The Hall–Kier alpha value is -3.85. The normalized spacial score (nSPS) is 16.9. The van der Waals surface area contributed by atoms with Gasteiger partial charge in [0.1, 0.15) is 5.75 Å². The molecule has 8 nitrogen and oxygen atoms in total. The van der Waals surface area contributed by atoms with Gasteiger partial charge < -0.3 is 15.2 Å². The third-order valence-electron chi connectivity index (χ3n) is 6.40. The monoisotopic (exact) mass is 487 g/mol. The molecule has 0 saturated heterocycles. The number of hydrogen-bond donors (Lipinski definition) is 3. The molecular formula is C26H25N5O3S. The first-order chi connectivity index (χ1) is 17.1. The minimum absolute atomic E-state index is 0.0587. The SMILES string of the molecule is O=C(O)C1CCc2cc(OCNc3cccc(-n4nnnc4S)c3)ccc2C1Cc1ccccc1. The topological polar surface area (TPSA) is 102 Å². The lowest BCUT2D eigenvalue weighted by Crippen LogP contribution is -2.29. The van der Waals surface area contributed by atoms with Crippen molar-refractivity contribution in [3.05, 3.63) is 89.5 Å². The number of ether oxygens (including phenoxy) is 1. The third kappa shape index (κ3) is 5.14. The Morgan fingerprint density at radius 2 is 1.97 bits per heavy atom. The van der Waals surface area contributed by atoms with Crippen molar-refractivity contribution < 1.29 is 14.6 Å². The van der Waals surface area contributed by atoms with Crippen LogP contribution in [0.5, 0.6) is 5.75 Å². The third-order valence-corrected chi connectivity index (χ3v) is 6.68. The number of rotatable bonds is 8. The molecular weight excluding hydrogens is 462 g/mol. The van der Waals surface area contributed by atoms with E-state index in [-0.39, 0.29) is 18.6 Å².